The Kier molecular flexibility index (Phi) is 5.03. The molecule has 1 aromatic rings. The van der Waals surface area contributed by atoms with Crippen molar-refractivity contribution < 1.29 is 9.18 Å². The van der Waals surface area contributed by atoms with Crippen molar-refractivity contribution in [1.29, 1.82) is 0 Å². The molecule has 16 heavy (non-hydrogen) atoms. The van der Waals surface area contributed by atoms with E-state index in [1.807, 2.05) is 0 Å². The Hall–Kier alpha value is -0.800. The minimum Gasteiger partial charge on any atom is -0.288 e. The average Bonchev–Trinajstić information content (AvgIpc) is 2.19. The maximum Gasteiger partial charge on any atom is 0.186 e. The molecule has 0 heterocycles. The van der Waals surface area contributed by atoms with Gasteiger partial charge in [0.15, 0.2) is 5.12 Å². The fourth-order valence-corrected chi connectivity index (χ4v) is 1.84. The van der Waals surface area contributed by atoms with Gasteiger partial charge in [-0.3, -0.25) is 4.79 Å². The van der Waals surface area contributed by atoms with Crippen LogP contribution in [0.5, 0.6) is 0 Å². The van der Waals surface area contributed by atoms with Gasteiger partial charge >= 0.3 is 0 Å². The van der Waals surface area contributed by atoms with Crippen molar-refractivity contribution in [3.63, 3.8) is 0 Å². The van der Waals surface area contributed by atoms with Gasteiger partial charge in [-0.25, -0.2) is 4.39 Å². The van der Waals surface area contributed by atoms with Gasteiger partial charge in [-0.2, -0.15) is 0 Å². The maximum atomic E-state index is 13.2. The van der Waals surface area contributed by atoms with E-state index in [4.69, 9.17) is 11.6 Å². The van der Waals surface area contributed by atoms with Gasteiger partial charge in [-0.05, 0) is 30.2 Å². The van der Waals surface area contributed by atoms with Gasteiger partial charge in [0.25, 0.3) is 0 Å². The SMILES string of the molecule is CC(=O)SCC=Cc1cc(F)c(C)cc1Cl. The summed E-state index contributed by atoms with van der Waals surface area (Å²) < 4.78 is 13.2. The predicted molar refractivity (Wildman–Crippen MR) is 68.3 cm³/mol. The van der Waals surface area contributed by atoms with Crippen molar-refractivity contribution >= 4 is 34.6 Å². The van der Waals surface area contributed by atoms with Crippen LogP contribution in [0.3, 0.4) is 0 Å². The van der Waals surface area contributed by atoms with Gasteiger partial charge in [0.2, 0.25) is 0 Å². The highest BCUT2D eigenvalue weighted by Crippen LogP contribution is 2.21. The summed E-state index contributed by atoms with van der Waals surface area (Å²) >= 11 is 7.15. The minimum absolute atomic E-state index is 0.0610. The van der Waals surface area contributed by atoms with Crippen LogP contribution in [0.25, 0.3) is 6.08 Å². The first kappa shape index (κ1) is 13.3. The first-order chi connectivity index (χ1) is 7.50. The van der Waals surface area contributed by atoms with Crippen LogP contribution >= 0.6 is 23.4 Å². The zero-order chi connectivity index (χ0) is 12.1. The number of thioether (sulfide) groups is 1. The summed E-state index contributed by atoms with van der Waals surface area (Å²) in [7, 11) is 0. The first-order valence-corrected chi connectivity index (χ1v) is 6.12. The van der Waals surface area contributed by atoms with E-state index in [-0.39, 0.29) is 10.9 Å². The number of hydrogen-bond donors (Lipinski definition) is 0. The third kappa shape index (κ3) is 3.99. The molecule has 1 aromatic carbocycles. The van der Waals surface area contributed by atoms with Crippen molar-refractivity contribution in [2.45, 2.75) is 13.8 Å². The highest BCUT2D eigenvalue weighted by atomic mass is 35.5. The molecule has 0 unspecified atom stereocenters. The molecular weight excluding hydrogens is 247 g/mol. The number of carbonyl (C=O) groups excluding carboxylic acids is 1. The predicted octanol–water partition coefficient (Wildman–Crippen LogP) is 4.08. The largest absolute Gasteiger partial charge is 0.288 e. The molecule has 0 saturated heterocycles. The quantitative estimate of drug-likeness (QED) is 0.813. The summed E-state index contributed by atoms with van der Waals surface area (Å²) in [5.74, 6) is 0.296. The van der Waals surface area contributed by atoms with E-state index in [0.717, 1.165) is 0 Å². The summed E-state index contributed by atoms with van der Waals surface area (Å²) in [5, 5.41) is 0.578. The molecule has 86 valence electrons. The van der Waals surface area contributed by atoms with Crippen LogP contribution < -0.4 is 0 Å². The Morgan fingerprint density at radius 1 is 1.56 bits per heavy atom. The Balaban J connectivity index is 2.73. The summed E-state index contributed by atoms with van der Waals surface area (Å²) in [4.78, 5) is 10.7. The summed E-state index contributed by atoms with van der Waals surface area (Å²) in [6.07, 6.45) is 3.52. The Bertz CT molecular complexity index is 429. The van der Waals surface area contributed by atoms with Crippen molar-refractivity contribution in [1.82, 2.24) is 0 Å². The molecule has 4 heteroatoms. The average molecular weight is 259 g/mol. The standard InChI is InChI=1S/C12H12ClFOS/c1-8-6-11(13)10(7-12(8)14)4-3-5-16-9(2)15/h3-4,6-7H,5H2,1-2H3. The monoisotopic (exact) mass is 258 g/mol. The van der Waals surface area contributed by atoms with Gasteiger partial charge in [0.05, 0.1) is 0 Å². The fourth-order valence-electron chi connectivity index (χ4n) is 1.13. The van der Waals surface area contributed by atoms with E-state index in [2.05, 4.69) is 0 Å². The number of benzene rings is 1. The van der Waals surface area contributed by atoms with Crippen LogP contribution in [0.4, 0.5) is 4.39 Å². The molecule has 0 aliphatic heterocycles. The van der Waals surface area contributed by atoms with E-state index in [1.165, 1.54) is 24.8 Å². The number of hydrogen-bond acceptors (Lipinski definition) is 2. The summed E-state index contributed by atoms with van der Waals surface area (Å²) in [6.45, 7) is 3.18. The van der Waals surface area contributed by atoms with Crippen LogP contribution in [0.2, 0.25) is 5.02 Å². The van der Waals surface area contributed by atoms with Crippen molar-refractivity contribution in [2.75, 3.05) is 5.75 Å². The smallest absolute Gasteiger partial charge is 0.186 e. The van der Waals surface area contributed by atoms with Gasteiger partial charge < -0.3 is 0 Å². The van der Waals surface area contributed by atoms with E-state index >= 15 is 0 Å². The normalized spacial score (nSPS) is 11.0. The fraction of sp³-hybridized carbons (Fsp3) is 0.250. The maximum absolute atomic E-state index is 13.2. The van der Waals surface area contributed by atoms with Gasteiger partial charge in [-0.1, -0.05) is 35.5 Å². The molecule has 0 bridgehead atoms. The lowest BCUT2D eigenvalue weighted by Gasteiger charge is -2.01. The molecule has 0 N–H and O–H groups in total. The molecule has 0 atom stereocenters. The number of carbonyl (C=O) groups is 1. The van der Waals surface area contributed by atoms with Crippen molar-refractivity contribution in [3.8, 4) is 0 Å². The molecule has 0 spiro atoms. The number of aryl methyl sites for hydroxylation is 1. The Morgan fingerprint density at radius 3 is 2.88 bits per heavy atom. The molecule has 0 aromatic heterocycles. The van der Waals surface area contributed by atoms with Crippen LogP contribution in [-0.2, 0) is 4.79 Å². The topological polar surface area (TPSA) is 17.1 Å². The van der Waals surface area contributed by atoms with Crippen LogP contribution in [0, 0.1) is 12.7 Å². The zero-order valence-electron chi connectivity index (χ0n) is 9.09. The Labute approximate surface area is 104 Å². The molecule has 0 aliphatic carbocycles. The van der Waals surface area contributed by atoms with E-state index in [0.29, 0.717) is 21.9 Å². The lowest BCUT2D eigenvalue weighted by Crippen LogP contribution is -1.86. The second-order valence-corrected chi connectivity index (χ2v) is 4.93. The molecule has 1 nitrogen and oxygen atoms in total. The second kappa shape index (κ2) is 6.06. The lowest BCUT2D eigenvalue weighted by molar-refractivity contribution is -0.109. The van der Waals surface area contributed by atoms with Crippen LogP contribution in [-0.4, -0.2) is 10.9 Å². The highest BCUT2D eigenvalue weighted by molar-refractivity contribution is 8.13. The second-order valence-electron chi connectivity index (χ2n) is 3.33. The molecule has 0 fully saturated rings. The van der Waals surface area contributed by atoms with Crippen LogP contribution in [0.15, 0.2) is 18.2 Å². The molecule has 1 rings (SSSR count). The van der Waals surface area contributed by atoms with E-state index in [9.17, 15) is 9.18 Å². The number of rotatable bonds is 3. The zero-order valence-corrected chi connectivity index (χ0v) is 10.7. The number of halogens is 2. The molecule has 0 aliphatic rings. The molecular formula is C12H12ClFOS. The van der Waals surface area contributed by atoms with Gasteiger partial charge in [0, 0.05) is 17.7 Å². The van der Waals surface area contributed by atoms with Gasteiger partial charge in [0.1, 0.15) is 5.82 Å². The van der Waals surface area contributed by atoms with E-state index in [1.54, 1.807) is 25.1 Å². The van der Waals surface area contributed by atoms with Crippen LogP contribution in [0.1, 0.15) is 18.1 Å². The third-order valence-corrected chi connectivity index (χ3v) is 3.05. The summed E-state index contributed by atoms with van der Waals surface area (Å²) in [5.41, 5.74) is 1.16. The Morgan fingerprint density at radius 2 is 2.25 bits per heavy atom. The lowest BCUT2D eigenvalue weighted by atomic mass is 10.1. The van der Waals surface area contributed by atoms with E-state index < -0.39 is 0 Å². The highest BCUT2D eigenvalue weighted by Gasteiger charge is 2.02. The van der Waals surface area contributed by atoms with Crippen molar-refractivity contribution in [3.05, 3.63) is 40.2 Å². The minimum atomic E-state index is -0.275. The third-order valence-electron chi connectivity index (χ3n) is 1.96. The molecule has 0 radical (unpaired) electrons. The van der Waals surface area contributed by atoms with Gasteiger partial charge in [-0.15, -0.1) is 0 Å². The summed E-state index contributed by atoms with van der Waals surface area (Å²) in [6, 6.07) is 2.99. The molecule has 0 saturated carbocycles. The molecule has 0 amide bonds. The first-order valence-electron chi connectivity index (χ1n) is 4.76. The van der Waals surface area contributed by atoms with Crippen molar-refractivity contribution in [2.24, 2.45) is 0 Å².